The molecule has 0 radical (unpaired) electrons. The molecule has 1 nitrogen and oxygen atoms in total. The molecule has 1 fully saturated rings. The van der Waals surface area contributed by atoms with E-state index in [1.54, 1.807) is 6.92 Å². The summed E-state index contributed by atoms with van der Waals surface area (Å²) in [5, 5.41) is 0. The van der Waals surface area contributed by atoms with Crippen molar-refractivity contribution in [2.24, 2.45) is 11.8 Å². The number of ketones is 1. The second-order valence-electron chi connectivity index (χ2n) is 4.17. The number of hydrogen-bond donors (Lipinski definition) is 0. The molecule has 1 rings (SSSR count). The van der Waals surface area contributed by atoms with E-state index in [9.17, 15) is 18.0 Å². The minimum Gasteiger partial charge on any atom is -0.298 e. The molecule has 0 amide bonds. The molecule has 2 unspecified atom stereocenters. The summed E-state index contributed by atoms with van der Waals surface area (Å²) in [5.74, 6) is 3.32. The summed E-state index contributed by atoms with van der Waals surface area (Å²) in [5.41, 5.74) is 0. The highest BCUT2D eigenvalue weighted by Crippen LogP contribution is 2.40. The summed E-state index contributed by atoms with van der Waals surface area (Å²) in [6, 6.07) is 0. The van der Waals surface area contributed by atoms with Gasteiger partial charge in [0, 0.05) is 5.92 Å². The van der Waals surface area contributed by atoms with Crippen molar-refractivity contribution in [2.75, 3.05) is 0 Å². The minimum absolute atomic E-state index is 0.0479. The second kappa shape index (κ2) is 5.38. The predicted molar refractivity (Wildman–Crippen MR) is 54.6 cm³/mol. The van der Waals surface area contributed by atoms with Gasteiger partial charge in [-0.2, -0.15) is 13.2 Å². The average molecular weight is 232 g/mol. The monoisotopic (exact) mass is 232 g/mol. The van der Waals surface area contributed by atoms with Crippen molar-refractivity contribution < 1.29 is 18.0 Å². The molecule has 90 valence electrons. The van der Waals surface area contributed by atoms with Gasteiger partial charge in [0.1, 0.15) is 5.78 Å². The van der Waals surface area contributed by atoms with Gasteiger partial charge >= 0.3 is 6.18 Å². The van der Waals surface area contributed by atoms with E-state index in [4.69, 9.17) is 0 Å². The summed E-state index contributed by atoms with van der Waals surface area (Å²) >= 11 is 0. The van der Waals surface area contributed by atoms with Crippen molar-refractivity contribution in [1.29, 1.82) is 0 Å². The highest BCUT2D eigenvalue weighted by atomic mass is 19.4. The molecule has 1 aliphatic rings. The molecule has 1 saturated carbocycles. The van der Waals surface area contributed by atoms with Crippen molar-refractivity contribution in [2.45, 2.75) is 45.2 Å². The van der Waals surface area contributed by atoms with Crippen molar-refractivity contribution in [3.8, 4) is 11.8 Å². The highest BCUT2D eigenvalue weighted by Gasteiger charge is 2.43. The molecule has 1 aliphatic carbocycles. The van der Waals surface area contributed by atoms with E-state index in [0.29, 0.717) is 12.8 Å². The van der Waals surface area contributed by atoms with E-state index in [2.05, 4.69) is 11.8 Å². The van der Waals surface area contributed by atoms with Crippen LogP contribution in [0.3, 0.4) is 0 Å². The zero-order valence-electron chi connectivity index (χ0n) is 9.23. The Morgan fingerprint density at radius 2 is 2.06 bits per heavy atom. The summed E-state index contributed by atoms with van der Waals surface area (Å²) in [4.78, 5) is 11.6. The Balaban J connectivity index is 2.55. The van der Waals surface area contributed by atoms with E-state index < -0.39 is 18.0 Å². The van der Waals surface area contributed by atoms with Gasteiger partial charge in [-0.15, -0.1) is 5.92 Å². The summed E-state index contributed by atoms with van der Waals surface area (Å²) in [6.45, 7) is 1.62. The molecule has 0 aromatic rings. The molecule has 4 heteroatoms. The Hall–Kier alpha value is -0.980. The van der Waals surface area contributed by atoms with Crippen LogP contribution in [-0.2, 0) is 4.79 Å². The molecular formula is C12H15F3O. The number of carbonyl (C=O) groups is 1. The van der Waals surface area contributed by atoms with Crippen molar-refractivity contribution in [3.05, 3.63) is 0 Å². The molecule has 0 heterocycles. The highest BCUT2D eigenvalue weighted by molar-refractivity contribution is 5.83. The molecule has 2 atom stereocenters. The lowest BCUT2D eigenvalue weighted by Crippen LogP contribution is -2.31. The van der Waals surface area contributed by atoms with Gasteiger partial charge < -0.3 is 0 Å². The Morgan fingerprint density at radius 1 is 1.38 bits per heavy atom. The zero-order valence-corrected chi connectivity index (χ0v) is 9.23. The van der Waals surface area contributed by atoms with E-state index in [0.717, 1.165) is 0 Å². The van der Waals surface area contributed by atoms with Gasteiger partial charge in [0.2, 0.25) is 0 Å². The quantitative estimate of drug-likeness (QED) is 0.667. The van der Waals surface area contributed by atoms with Crippen LogP contribution in [-0.4, -0.2) is 12.0 Å². The van der Waals surface area contributed by atoms with E-state index >= 15 is 0 Å². The third-order valence-corrected chi connectivity index (χ3v) is 3.03. The number of halogens is 3. The summed E-state index contributed by atoms with van der Waals surface area (Å²) in [6.07, 6.45) is -2.89. The lowest BCUT2D eigenvalue weighted by Gasteiger charge is -2.29. The van der Waals surface area contributed by atoms with Gasteiger partial charge in [0.05, 0.1) is 12.3 Å². The van der Waals surface area contributed by atoms with Crippen molar-refractivity contribution in [1.82, 2.24) is 0 Å². The van der Waals surface area contributed by atoms with Crippen LogP contribution >= 0.6 is 0 Å². The van der Waals surface area contributed by atoms with Crippen LogP contribution in [0.25, 0.3) is 0 Å². The fourth-order valence-electron chi connectivity index (χ4n) is 2.10. The molecule has 0 N–H and O–H groups in total. The van der Waals surface area contributed by atoms with Gasteiger partial charge in [-0.3, -0.25) is 4.79 Å². The second-order valence-corrected chi connectivity index (χ2v) is 4.17. The van der Waals surface area contributed by atoms with Crippen LogP contribution in [0.5, 0.6) is 0 Å². The van der Waals surface area contributed by atoms with Gasteiger partial charge in [0.15, 0.2) is 0 Å². The van der Waals surface area contributed by atoms with Gasteiger partial charge in [-0.05, 0) is 26.2 Å². The van der Waals surface area contributed by atoms with Crippen molar-refractivity contribution in [3.63, 3.8) is 0 Å². The maximum Gasteiger partial charge on any atom is 0.391 e. The van der Waals surface area contributed by atoms with Gasteiger partial charge in [0.25, 0.3) is 0 Å². The van der Waals surface area contributed by atoms with Crippen LogP contribution in [0.1, 0.15) is 39.0 Å². The molecule has 16 heavy (non-hydrogen) atoms. The largest absolute Gasteiger partial charge is 0.391 e. The van der Waals surface area contributed by atoms with E-state index in [1.165, 1.54) is 0 Å². The number of rotatable bonds is 2. The lowest BCUT2D eigenvalue weighted by atomic mass is 9.78. The fourth-order valence-corrected chi connectivity index (χ4v) is 2.10. The SMILES string of the molecule is CC#CCC(=O)C1CCCC(C(F)(F)F)C1. The smallest absolute Gasteiger partial charge is 0.298 e. The Kier molecular flexibility index (Phi) is 4.40. The normalized spacial score (nSPS) is 25.8. The summed E-state index contributed by atoms with van der Waals surface area (Å²) in [7, 11) is 0. The Morgan fingerprint density at radius 3 is 2.62 bits per heavy atom. The van der Waals surface area contributed by atoms with E-state index in [-0.39, 0.29) is 25.0 Å². The number of Topliss-reactive ketones (excluding diaryl/α,β-unsaturated/α-hetero) is 1. The lowest BCUT2D eigenvalue weighted by molar-refractivity contribution is -0.186. The standard InChI is InChI=1S/C12H15F3O/c1-2-3-7-11(16)9-5-4-6-10(8-9)12(13,14)15/h9-10H,4-8H2,1H3. The first-order valence-corrected chi connectivity index (χ1v) is 5.44. The third-order valence-electron chi connectivity index (χ3n) is 3.03. The number of carbonyl (C=O) groups excluding carboxylic acids is 1. The van der Waals surface area contributed by atoms with Gasteiger partial charge in [-0.1, -0.05) is 12.3 Å². The Labute approximate surface area is 93.4 Å². The van der Waals surface area contributed by atoms with Crippen LogP contribution < -0.4 is 0 Å². The number of alkyl halides is 3. The topological polar surface area (TPSA) is 17.1 Å². The van der Waals surface area contributed by atoms with Gasteiger partial charge in [-0.25, -0.2) is 0 Å². The predicted octanol–water partition coefficient (Wildman–Crippen LogP) is 3.34. The zero-order chi connectivity index (χ0) is 12.2. The Bertz CT molecular complexity index is 308. The third kappa shape index (κ3) is 3.55. The number of hydrogen-bond acceptors (Lipinski definition) is 1. The maximum absolute atomic E-state index is 12.5. The first-order valence-electron chi connectivity index (χ1n) is 5.44. The fraction of sp³-hybridized carbons (Fsp3) is 0.750. The first kappa shape index (κ1) is 13.1. The molecule has 0 saturated heterocycles. The van der Waals surface area contributed by atoms with Crippen LogP contribution in [0, 0.1) is 23.7 Å². The van der Waals surface area contributed by atoms with E-state index in [1.807, 2.05) is 0 Å². The van der Waals surface area contributed by atoms with Crippen LogP contribution in [0.15, 0.2) is 0 Å². The minimum atomic E-state index is -4.16. The summed E-state index contributed by atoms with van der Waals surface area (Å²) < 4.78 is 37.5. The molecule has 0 aliphatic heterocycles. The molecule has 0 aromatic heterocycles. The molecular weight excluding hydrogens is 217 g/mol. The molecule has 0 aromatic carbocycles. The van der Waals surface area contributed by atoms with Crippen LogP contribution in [0.4, 0.5) is 13.2 Å². The maximum atomic E-state index is 12.5. The molecule has 0 bridgehead atoms. The molecule has 0 spiro atoms. The average Bonchev–Trinajstić information content (AvgIpc) is 2.25. The first-order chi connectivity index (χ1) is 7.45. The van der Waals surface area contributed by atoms with Crippen LogP contribution in [0.2, 0.25) is 0 Å². The van der Waals surface area contributed by atoms with Crippen molar-refractivity contribution >= 4 is 5.78 Å².